The molecular formula is C14H17NO3. The molecule has 1 aromatic rings. The minimum Gasteiger partial charge on any atom is -0.467 e. The van der Waals surface area contributed by atoms with E-state index in [1.165, 1.54) is 7.11 Å². The SMILES string of the molecule is COC(=O)[C@@]1(C)CCC(=O)N1Cc1ccccc1. The Morgan fingerprint density at radius 3 is 2.67 bits per heavy atom. The average molecular weight is 247 g/mol. The van der Waals surface area contributed by atoms with E-state index in [4.69, 9.17) is 4.74 Å². The van der Waals surface area contributed by atoms with Gasteiger partial charge in [0, 0.05) is 13.0 Å². The summed E-state index contributed by atoms with van der Waals surface area (Å²) in [6.07, 6.45) is 0.920. The molecule has 0 saturated carbocycles. The molecule has 4 heteroatoms. The first kappa shape index (κ1) is 12.6. The molecule has 1 atom stereocenters. The summed E-state index contributed by atoms with van der Waals surface area (Å²) < 4.78 is 4.82. The summed E-state index contributed by atoms with van der Waals surface area (Å²) >= 11 is 0. The molecule has 0 aliphatic carbocycles. The number of methoxy groups -OCH3 is 1. The van der Waals surface area contributed by atoms with Crippen molar-refractivity contribution < 1.29 is 14.3 Å². The van der Waals surface area contributed by atoms with E-state index in [0.29, 0.717) is 19.4 Å². The number of ether oxygens (including phenoxy) is 1. The summed E-state index contributed by atoms with van der Waals surface area (Å²) in [4.78, 5) is 25.4. The van der Waals surface area contributed by atoms with Gasteiger partial charge in [-0.2, -0.15) is 0 Å². The number of benzene rings is 1. The van der Waals surface area contributed by atoms with Crippen LogP contribution in [0.2, 0.25) is 0 Å². The summed E-state index contributed by atoms with van der Waals surface area (Å²) in [7, 11) is 1.36. The zero-order valence-corrected chi connectivity index (χ0v) is 10.7. The second kappa shape index (κ2) is 4.80. The first-order chi connectivity index (χ1) is 8.58. The topological polar surface area (TPSA) is 46.6 Å². The van der Waals surface area contributed by atoms with Gasteiger partial charge in [0.2, 0.25) is 5.91 Å². The van der Waals surface area contributed by atoms with E-state index in [9.17, 15) is 9.59 Å². The molecule has 1 heterocycles. The van der Waals surface area contributed by atoms with Crippen LogP contribution in [0.4, 0.5) is 0 Å². The summed E-state index contributed by atoms with van der Waals surface area (Å²) in [5.74, 6) is -0.337. The van der Waals surface area contributed by atoms with Gasteiger partial charge >= 0.3 is 5.97 Å². The molecule has 0 radical (unpaired) electrons. The number of amides is 1. The van der Waals surface area contributed by atoms with Gasteiger partial charge in [-0.3, -0.25) is 4.79 Å². The number of hydrogen-bond donors (Lipinski definition) is 0. The van der Waals surface area contributed by atoms with E-state index in [-0.39, 0.29) is 11.9 Å². The van der Waals surface area contributed by atoms with Gasteiger partial charge in [-0.15, -0.1) is 0 Å². The van der Waals surface area contributed by atoms with E-state index >= 15 is 0 Å². The molecule has 0 aromatic heterocycles. The predicted octanol–water partition coefficient (Wildman–Crippen LogP) is 1.74. The van der Waals surface area contributed by atoms with Gasteiger partial charge < -0.3 is 9.64 Å². The number of hydrogen-bond acceptors (Lipinski definition) is 3. The van der Waals surface area contributed by atoms with Crippen LogP contribution >= 0.6 is 0 Å². The maximum atomic E-state index is 11.9. The number of carbonyl (C=O) groups is 2. The first-order valence-electron chi connectivity index (χ1n) is 6.01. The lowest BCUT2D eigenvalue weighted by molar-refractivity contribution is -0.156. The van der Waals surface area contributed by atoms with Gasteiger partial charge in [-0.05, 0) is 18.9 Å². The molecule has 1 fully saturated rings. The smallest absolute Gasteiger partial charge is 0.331 e. The fourth-order valence-corrected chi connectivity index (χ4v) is 2.36. The van der Waals surface area contributed by atoms with Crippen LogP contribution in [0, 0.1) is 0 Å². The lowest BCUT2D eigenvalue weighted by Gasteiger charge is -2.32. The number of carbonyl (C=O) groups excluding carboxylic acids is 2. The monoisotopic (exact) mass is 247 g/mol. The number of likely N-dealkylation sites (tertiary alicyclic amines) is 1. The number of nitrogens with zero attached hydrogens (tertiary/aromatic N) is 1. The lowest BCUT2D eigenvalue weighted by atomic mass is 9.98. The van der Waals surface area contributed by atoms with Crippen molar-refractivity contribution in [1.29, 1.82) is 0 Å². The molecular weight excluding hydrogens is 230 g/mol. The third kappa shape index (κ3) is 2.10. The quantitative estimate of drug-likeness (QED) is 0.764. The molecule has 4 nitrogen and oxygen atoms in total. The molecule has 1 aliphatic heterocycles. The Morgan fingerprint density at radius 1 is 1.39 bits per heavy atom. The van der Waals surface area contributed by atoms with Crippen molar-refractivity contribution in [2.45, 2.75) is 31.8 Å². The normalized spacial score (nSPS) is 23.2. The largest absolute Gasteiger partial charge is 0.467 e. The van der Waals surface area contributed by atoms with Gasteiger partial charge in [-0.1, -0.05) is 30.3 Å². The third-order valence-electron chi connectivity index (χ3n) is 3.53. The molecule has 0 bridgehead atoms. The minimum absolute atomic E-state index is 0.00625. The van der Waals surface area contributed by atoms with Crippen molar-refractivity contribution in [2.75, 3.05) is 7.11 Å². The van der Waals surface area contributed by atoms with Gasteiger partial charge in [-0.25, -0.2) is 4.79 Å². The molecule has 1 aliphatic rings. The van der Waals surface area contributed by atoms with E-state index in [2.05, 4.69) is 0 Å². The zero-order chi connectivity index (χ0) is 13.2. The van der Waals surface area contributed by atoms with Crippen LogP contribution in [0.1, 0.15) is 25.3 Å². The van der Waals surface area contributed by atoms with Crippen LogP contribution in [0.3, 0.4) is 0 Å². The maximum absolute atomic E-state index is 11.9. The van der Waals surface area contributed by atoms with Crippen LogP contribution in [0.5, 0.6) is 0 Å². The van der Waals surface area contributed by atoms with Gasteiger partial charge in [0.15, 0.2) is 0 Å². The Hall–Kier alpha value is -1.84. The maximum Gasteiger partial charge on any atom is 0.331 e. The molecule has 0 spiro atoms. The Labute approximate surface area is 107 Å². The number of esters is 1. The summed E-state index contributed by atoms with van der Waals surface area (Å²) in [5.41, 5.74) is 0.185. The molecule has 1 saturated heterocycles. The van der Waals surface area contributed by atoms with Crippen molar-refractivity contribution in [3.05, 3.63) is 35.9 Å². The second-order valence-corrected chi connectivity index (χ2v) is 4.73. The summed E-state index contributed by atoms with van der Waals surface area (Å²) in [6, 6.07) is 9.66. The van der Waals surface area contributed by atoms with E-state index in [1.54, 1.807) is 11.8 Å². The van der Waals surface area contributed by atoms with Gasteiger partial charge in [0.05, 0.1) is 7.11 Å². The highest BCUT2D eigenvalue weighted by Crippen LogP contribution is 2.32. The molecule has 18 heavy (non-hydrogen) atoms. The van der Waals surface area contributed by atoms with E-state index in [1.807, 2.05) is 30.3 Å². The molecule has 2 rings (SSSR count). The highest BCUT2D eigenvalue weighted by atomic mass is 16.5. The number of rotatable bonds is 3. The lowest BCUT2D eigenvalue weighted by Crippen LogP contribution is -2.49. The fraction of sp³-hybridized carbons (Fsp3) is 0.429. The molecule has 0 unspecified atom stereocenters. The fourth-order valence-electron chi connectivity index (χ4n) is 2.36. The predicted molar refractivity (Wildman–Crippen MR) is 66.6 cm³/mol. The van der Waals surface area contributed by atoms with Crippen molar-refractivity contribution in [2.24, 2.45) is 0 Å². The summed E-state index contributed by atoms with van der Waals surface area (Å²) in [6.45, 7) is 2.22. The van der Waals surface area contributed by atoms with E-state index in [0.717, 1.165) is 5.56 Å². The highest BCUT2D eigenvalue weighted by molar-refractivity contribution is 5.91. The van der Waals surface area contributed by atoms with Crippen LogP contribution in [0.25, 0.3) is 0 Å². The van der Waals surface area contributed by atoms with Crippen LogP contribution in [0.15, 0.2) is 30.3 Å². The standard InChI is InChI=1S/C14H17NO3/c1-14(13(17)18-2)9-8-12(16)15(14)10-11-6-4-3-5-7-11/h3-7H,8-10H2,1-2H3/t14-/m1/s1. The van der Waals surface area contributed by atoms with Gasteiger partial charge in [0.1, 0.15) is 5.54 Å². The first-order valence-corrected chi connectivity index (χ1v) is 6.01. The second-order valence-electron chi connectivity index (χ2n) is 4.73. The Bertz CT molecular complexity index is 457. The molecule has 1 aromatic carbocycles. The zero-order valence-electron chi connectivity index (χ0n) is 10.7. The third-order valence-corrected chi connectivity index (χ3v) is 3.53. The Balaban J connectivity index is 2.23. The Kier molecular flexibility index (Phi) is 3.36. The van der Waals surface area contributed by atoms with Crippen molar-refractivity contribution in [3.8, 4) is 0 Å². The van der Waals surface area contributed by atoms with Crippen molar-refractivity contribution in [1.82, 2.24) is 4.90 Å². The minimum atomic E-state index is -0.832. The average Bonchev–Trinajstić information content (AvgIpc) is 2.68. The Morgan fingerprint density at radius 2 is 2.06 bits per heavy atom. The van der Waals surface area contributed by atoms with Gasteiger partial charge in [0.25, 0.3) is 0 Å². The molecule has 0 N–H and O–H groups in total. The van der Waals surface area contributed by atoms with Crippen LogP contribution in [-0.4, -0.2) is 29.4 Å². The van der Waals surface area contributed by atoms with Crippen LogP contribution < -0.4 is 0 Å². The van der Waals surface area contributed by atoms with Crippen molar-refractivity contribution >= 4 is 11.9 Å². The molecule has 1 amide bonds. The molecule has 96 valence electrons. The van der Waals surface area contributed by atoms with Crippen molar-refractivity contribution in [3.63, 3.8) is 0 Å². The summed E-state index contributed by atoms with van der Waals surface area (Å²) in [5, 5.41) is 0. The van der Waals surface area contributed by atoms with Crippen LogP contribution in [-0.2, 0) is 20.9 Å². The van der Waals surface area contributed by atoms with E-state index < -0.39 is 5.54 Å². The highest BCUT2D eigenvalue weighted by Gasteiger charge is 2.48.